The van der Waals surface area contributed by atoms with Gasteiger partial charge in [-0.2, -0.15) is 0 Å². The first-order valence-corrected chi connectivity index (χ1v) is 6.04. The number of rotatable bonds is 4. The number of nitrogens with two attached hydrogens (primary N) is 1. The van der Waals surface area contributed by atoms with E-state index in [1.165, 1.54) is 6.42 Å². The molecule has 0 radical (unpaired) electrons. The molecular weight excluding hydrogens is 230 g/mol. The molecule has 1 atom stereocenters. The number of likely N-dealkylation sites (tertiary alicyclic amines) is 1. The highest BCUT2D eigenvalue weighted by molar-refractivity contribution is 5.95. The minimum Gasteiger partial charge on any atom is -0.409 e. The van der Waals surface area contributed by atoms with Crippen molar-refractivity contribution >= 4 is 5.84 Å². The lowest BCUT2D eigenvalue weighted by atomic mass is 10.2. The summed E-state index contributed by atoms with van der Waals surface area (Å²) in [5, 5.41) is 15.1. The van der Waals surface area contributed by atoms with Crippen LogP contribution < -0.4 is 11.1 Å². The van der Waals surface area contributed by atoms with E-state index in [0.29, 0.717) is 11.7 Å². The largest absolute Gasteiger partial charge is 0.409 e. The number of nitrogens with one attached hydrogen (secondary N) is 1. The summed E-state index contributed by atoms with van der Waals surface area (Å²) in [7, 11) is 2.13. The Labute approximate surface area is 106 Å². The molecule has 1 saturated heterocycles. The molecule has 18 heavy (non-hydrogen) atoms. The van der Waals surface area contributed by atoms with Gasteiger partial charge in [0.25, 0.3) is 0 Å². The minimum absolute atomic E-state index is 0.0393. The minimum atomic E-state index is 0.0393. The van der Waals surface area contributed by atoms with Crippen LogP contribution in [0.1, 0.15) is 17.7 Å². The number of hydrogen-bond acceptors (Lipinski definition) is 5. The molecule has 2 rings (SSSR count). The van der Waals surface area contributed by atoms with Crippen molar-refractivity contribution in [3.63, 3.8) is 0 Å². The summed E-state index contributed by atoms with van der Waals surface area (Å²) in [6, 6.07) is 4.30. The van der Waals surface area contributed by atoms with Crippen LogP contribution in [-0.4, -0.2) is 47.1 Å². The maximum atomic E-state index is 8.61. The van der Waals surface area contributed by atoms with E-state index in [0.717, 1.165) is 25.2 Å². The molecule has 6 nitrogen and oxygen atoms in total. The highest BCUT2D eigenvalue weighted by Crippen LogP contribution is 2.08. The highest BCUT2D eigenvalue weighted by Gasteiger charge is 2.18. The van der Waals surface area contributed by atoms with Crippen LogP contribution in [0.5, 0.6) is 0 Å². The van der Waals surface area contributed by atoms with E-state index >= 15 is 0 Å². The summed E-state index contributed by atoms with van der Waals surface area (Å²) >= 11 is 0. The van der Waals surface area contributed by atoms with Crippen molar-refractivity contribution in [3.8, 4) is 0 Å². The van der Waals surface area contributed by atoms with Gasteiger partial charge < -0.3 is 21.2 Å². The summed E-state index contributed by atoms with van der Waals surface area (Å²) in [6.07, 6.45) is 2.85. The number of pyridine rings is 1. The van der Waals surface area contributed by atoms with Crippen molar-refractivity contribution in [2.75, 3.05) is 20.1 Å². The second kappa shape index (κ2) is 5.79. The van der Waals surface area contributed by atoms with E-state index in [-0.39, 0.29) is 5.84 Å². The quantitative estimate of drug-likeness (QED) is 0.302. The zero-order valence-electron chi connectivity index (χ0n) is 10.5. The molecule has 1 aliphatic heterocycles. The first-order chi connectivity index (χ1) is 8.69. The number of nitrogens with zero attached hydrogens (tertiary/aromatic N) is 3. The third kappa shape index (κ3) is 3.18. The molecular formula is C12H19N5O. The normalized spacial score (nSPS) is 21.4. The Hall–Kier alpha value is -1.66. The third-order valence-electron chi connectivity index (χ3n) is 3.18. The SMILES string of the molecule is CN1CCC(NCc2ccnc(C(N)=NO)c2)C1. The van der Waals surface area contributed by atoms with E-state index in [4.69, 9.17) is 10.9 Å². The second-order valence-corrected chi connectivity index (χ2v) is 4.66. The Morgan fingerprint density at radius 1 is 1.72 bits per heavy atom. The zero-order chi connectivity index (χ0) is 13.0. The molecule has 0 saturated carbocycles. The predicted molar refractivity (Wildman–Crippen MR) is 69.5 cm³/mol. The molecule has 1 fully saturated rings. The first-order valence-electron chi connectivity index (χ1n) is 6.04. The molecule has 0 amide bonds. The second-order valence-electron chi connectivity index (χ2n) is 4.66. The first kappa shape index (κ1) is 12.8. The van der Waals surface area contributed by atoms with Crippen molar-refractivity contribution in [2.45, 2.75) is 19.0 Å². The summed E-state index contributed by atoms with van der Waals surface area (Å²) in [5.74, 6) is 0.0393. The summed E-state index contributed by atoms with van der Waals surface area (Å²) in [5.41, 5.74) is 7.09. The van der Waals surface area contributed by atoms with Gasteiger partial charge in [-0.1, -0.05) is 5.16 Å². The van der Waals surface area contributed by atoms with Crippen molar-refractivity contribution in [1.29, 1.82) is 0 Å². The standard InChI is InChI=1S/C12H19N5O/c1-17-5-3-10(8-17)15-7-9-2-4-14-11(6-9)12(13)16-18/h2,4,6,10,15,18H,3,5,7-8H2,1H3,(H2,13,16). The van der Waals surface area contributed by atoms with Crippen molar-refractivity contribution in [2.24, 2.45) is 10.9 Å². The molecule has 6 heteroatoms. The average molecular weight is 249 g/mol. The number of likely N-dealkylation sites (N-methyl/N-ethyl adjacent to an activating group) is 1. The van der Waals surface area contributed by atoms with Crippen LogP contribution in [-0.2, 0) is 6.54 Å². The van der Waals surface area contributed by atoms with Crippen molar-refractivity contribution in [1.82, 2.24) is 15.2 Å². The molecule has 2 heterocycles. The third-order valence-corrected chi connectivity index (χ3v) is 3.18. The van der Waals surface area contributed by atoms with E-state index < -0.39 is 0 Å². The molecule has 4 N–H and O–H groups in total. The lowest BCUT2D eigenvalue weighted by Crippen LogP contribution is -2.31. The van der Waals surface area contributed by atoms with Crippen LogP contribution in [0, 0.1) is 0 Å². The fraction of sp³-hybridized carbons (Fsp3) is 0.500. The lowest BCUT2D eigenvalue weighted by molar-refractivity contribution is 0.318. The Morgan fingerprint density at radius 3 is 3.22 bits per heavy atom. The molecule has 0 bridgehead atoms. The molecule has 1 aromatic rings. The van der Waals surface area contributed by atoms with Gasteiger partial charge in [-0.15, -0.1) is 0 Å². The van der Waals surface area contributed by atoms with E-state index in [9.17, 15) is 0 Å². The number of hydrogen-bond donors (Lipinski definition) is 3. The van der Waals surface area contributed by atoms with Gasteiger partial charge in [0, 0.05) is 25.3 Å². The molecule has 0 spiro atoms. The van der Waals surface area contributed by atoms with Gasteiger partial charge in [-0.3, -0.25) is 4.98 Å². The Morgan fingerprint density at radius 2 is 2.56 bits per heavy atom. The topological polar surface area (TPSA) is 86.8 Å². The van der Waals surface area contributed by atoms with Gasteiger partial charge in [0.05, 0.1) is 0 Å². The van der Waals surface area contributed by atoms with E-state index in [1.807, 2.05) is 12.1 Å². The van der Waals surface area contributed by atoms with Gasteiger partial charge in [0.1, 0.15) is 5.69 Å². The van der Waals surface area contributed by atoms with Gasteiger partial charge in [-0.05, 0) is 37.7 Å². The fourth-order valence-corrected chi connectivity index (χ4v) is 2.14. The van der Waals surface area contributed by atoms with Gasteiger partial charge in [0.15, 0.2) is 5.84 Å². The van der Waals surface area contributed by atoms with Crippen LogP contribution in [0.25, 0.3) is 0 Å². The number of aromatic nitrogens is 1. The summed E-state index contributed by atoms with van der Waals surface area (Å²) in [4.78, 5) is 6.36. The van der Waals surface area contributed by atoms with Gasteiger partial charge in [-0.25, -0.2) is 0 Å². The van der Waals surface area contributed by atoms with Crippen LogP contribution in [0.4, 0.5) is 0 Å². The summed E-state index contributed by atoms with van der Waals surface area (Å²) in [6.45, 7) is 2.99. The maximum absolute atomic E-state index is 8.61. The highest BCUT2D eigenvalue weighted by atomic mass is 16.4. The Kier molecular flexibility index (Phi) is 4.11. The van der Waals surface area contributed by atoms with Gasteiger partial charge in [0.2, 0.25) is 0 Å². The smallest absolute Gasteiger partial charge is 0.188 e. The van der Waals surface area contributed by atoms with Gasteiger partial charge >= 0.3 is 0 Å². The van der Waals surface area contributed by atoms with Crippen LogP contribution in [0.3, 0.4) is 0 Å². The predicted octanol–water partition coefficient (Wildman–Crippen LogP) is -0.0302. The Balaban J connectivity index is 1.93. The average Bonchev–Trinajstić information content (AvgIpc) is 2.81. The molecule has 1 aliphatic rings. The van der Waals surface area contributed by atoms with Crippen LogP contribution in [0.15, 0.2) is 23.5 Å². The van der Waals surface area contributed by atoms with E-state index in [1.54, 1.807) is 6.20 Å². The maximum Gasteiger partial charge on any atom is 0.188 e. The summed E-state index contributed by atoms with van der Waals surface area (Å²) < 4.78 is 0. The van der Waals surface area contributed by atoms with Crippen molar-refractivity contribution < 1.29 is 5.21 Å². The molecule has 1 aromatic heterocycles. The van der Waals surface area contributed by atoms with Crippen LogP contribution in [0.2, 0.25) is 0 Å². The fourth-order valence-electron chi connectivity index (χ4n) is 2.14. The van der Waals surface area contributed by atoms with Crippen molar-refractivity contribution in [3.05, 3.63) is 29.6 Å². The number of oxime groups is 1. The lowest BCUT2D eigenvalue weighted by Gasteiger charge is -2.13. The molecule has 0 aliphatic carbocycles. The van der Waals surface area contributed by atoms with Crippen LogP contribution >= 0.6 is 0 Å². The molecule has 0 aromatic carbocycles. The van der Waals surface area contributed by atoms with E-state index in [2.05, 4.69) is 27.4 Å². The zero-order valence-corrected chi connectivity index (χ0v) is 10.5. The molecule has 1 unspecified atom stereocenters. The monoisotopic (exact) mass is 249 g/mol. The Bertz CT molecular complexity index is 434. The number of amidine groups is 1. The molecule has 98 valence electrons.